The maximum atomic E-state index is 12.8. The molecule has 0 aliphatic carbocycles. The lowest BCUT2D eigenvalue weighted by molar-refractivity contribution is 0.0526. The fraction of sp³-hybridized carbons (Fsp3) is 0.136. The number of ether oxygens (including phenoxy) is 1. The van der Waals surface area contributed by atoms with Crippen molar-refractivity contribution in [1.82, 2.24) is 0 Å². The van der Waals surface area contributed by atoms with Gasteiger partial charge in [-0.05, 0) is 44.2 Å². The Morgan fingerprint density at radius 1 is 1.03 bits per heavy atom. The smallest absolute Gasteiger partial charge is 0.342 e. The highest BCUT2D eigenvalue weighted by molar-refractivity contribution is 7.87. The molecule has 1 aromatic heterocycles. The molecule has 30 heavy (non-hydrogen) atoms. The van der Waals surface area contributed by atoms with Gasteiger partial charge in [0.15, 0.2) is 5.75 Å². The van der Waals surface area contributed by atoms with Crippen LogP contribution in [0, 0.1) is 6.92 Å². The Morgan fingerprint density at radius 3 is 2.37 bits per heavy atom. The molecule has 3 aromatic carbocycles. The molecule has 0 amide bonds. The molecule has 1 heterocycles. The summed E-state index contributed by atoms with van der Waals surface area (Å²) in [4.78, 5) is 12.4. The van der Waals surface area contributed by atoms with E-state index in [4.69, 9.17) is 24.9 Å². The van der Waals surface area contributed by atoms with Crippen molar-refractivity contribution in [3.05, 3.63) is 70.9 Å². The van der Waals surface area contributed by atoms with E-state index in [2.05, 4.69) is 0 Å². The van der Waals surface area contributed by atoms with Crippen LogP contribution in [0.15, 0.2) is 63.9 Å². The molecule has 0 saturated heterocycles. The van der Waals surface area contributed by atoms with Crippen LogP contribution < -0.4 is 4.18 Å². The summed E-state index contributed by atoms with van der Waals surface area (Å²) in [7, 11) is -4.13. The van der Waals surface area contributed by atoms with Crippen molar-refractivity contribution in [2.75, 3.05) is 6.61 Å². The number of rotatable bonds is 5. The molecule has 154 valence electrons. The summed E-state index contributed by atoms with van der Waals surface area (Å²) in [5.41, 5.74) is 0.703. The van der Waals surface area contributed by atoms with Gasteiger partial charge in [-0.3, -0.25) is 0 Å². The average molecular weight is 445 g/mol. The van der Waals surface area contributed by atoms with Crippen LogP contribution in [0.4, 0.5) is 0 Å². The molecular weight excluding hydrogens is 428 g/mol. The number of hydrogen-bond donors (Lipinski definition) is 0. The number of halogens is 1. The van der Waals surface area contributed by atoms with Gasteiger partial charge in [0.25, 0.3) is 0 Å². The van der Waals surface area contributed by atoms with E-state index in [0.717, 1.165) is 0 Å². The second-order valence-electron chi connectivity index (χ2n) is 6.54. The minimum atomic E-state index is -4.13. The molecule has 0 unspecified atom stereocenters. The zero-order valence-electron chi connectivity index (χ0n) is 16.1. The zero-order valence-corrected chi connectivity index (χ0v) is 17.7. The van der Waals surface area contributed by atoms with Crippen molar-refractivity contribution in [1.29, 1.82) is 0 Å². The first-order valence-corrected chi connectivity index (χ1v) is 10.9. The minimum absolute atomic E-state index is 0.0370. The van der Waals surface area contributed by atoms with Crippen molar-refractivity contribution < 1.29 is 26.5 Å². The Kier molecular flexibility index (Phi) is 5.17. The van der Waals surface area contributed by atoms with Gasteiger partial charge in [0.1, 0.15) is 21.8 Å². The van der Waals surface area contributed by atoms with Crippen LogP contribution in [0.1, 0.15) is 23.0 Å². The molecule has 4 aromatic rings. The predicted molar refractivity (Wildman–Crippen MR) is 114 cm³/mol. The molecule has 0 atom stereocenters. The second kappa shape index (κ2) is 7.66. The largest absolute Gasteiger partial charge is 0.462 e. The van der Waals surface area contributed by atoms with Gasteiger partial charge in [-0.15, -0.1) is 0 Å². The van der Waals surface area contributed by atoms with Crippen molar-refractivity contribution in [2.45, 2.75) is 18.7 Å². The molecule has 0 radical (unpaired) electrons. The van der Waals surface area contributed by atoms with E-state index >= 15 is 0 Å². The van der Waals surface area contributed by atoms with Crippen molar-refractivity contribution in [2.24, 2.45) is 0 Å². The maximum Gasteiger partial charge on any atom is 0.342 e. The first-order valence-electron chi connectivity index (χ1n) is 9.14. The molecule has 0 spiro atoms. The minimum Gasteiger partial charge on any atom is -0.462 e. The third kappa shape index (κ3) is 3.51. The molecule has 0 aliphatic rings. The number of carbonyl (C=O) groups is 1. The second-order valence-corrected chi connectivity index (χ2v) is 8.52. The molecule has 0 N–H and O–H groups in total. The summed E-state index contributed by atoms with van der Waals surface area (Å²) in [5.74, 6) is -0.0822. The Hall–Kier alpha value is -3.03. The predicted octanol–water partition coefficient (Wildman–Crippen LogP) is 5.49. The van der Waals surface area contributed by atoms with E-state index in [1.807, 2.05) is 0 Å². The molecule has 4 rings (SSSR count). The van der Waals surface area contributed by atoms with Gasteiger partial charge < -0.3 is 13.3 Å². The fourth-order valence-electron chi connectivity index (χ4n) is 3.30. The Balaban J connectivity index is 1.93. The summed E-state index contributed by atoms with van der Waals surface area (Å²) >= 11 is 5.85. The molecule has 0 saturated carbocycles. The summed E-state index contributed by atoms with van der Waals surface area (Å²) < 4.78 is 42.1. The van der Waals surface area contributed by atoms with Gasteiger partial charge >= 0.3 is 16.1 Å². The Bertz CT molecular complexity index is 1370. The van der Waals surface area contributed by atoms with E-state index in [-0.39, 0.29) is 22.8 Å². The van der Waals surface area contributed by atoms with Gasteiger partial charge in [0.2, 0.25) is 0 Å². The lowest BCUT2D eigenvalue weighted by Crippen LogP contribution is -2.10. The molecule has 0 bridgehead atoms. The zero-order chi connectivity index (χ0) is 21.5. The van der Waals surface area contributed by atoms with Gasteiger partial charge in [-0.25, -0.2) is 4.79 Å². The highest BCUT2D eigenvalue weighted by Crippen LogP contribution is 2.39. The molecule has 6 nitrogen and oxygen atoms in total. The summed E-state index contributed by atoms with van der Waals surface area (Å²) in [6.45, 7) is 3.57. The number of benzene rings is 3. The van der Waals surface area contributed by atoms with Gasteiger partial charge in [0.05, 0.1) is 6.61 Å². The number of furan rings is 1. The quantitative estimate of drug-likeness (QED) is 0.299. The standard InChI is InChI=1S/C22H17ClO6S/c1-3-27-22(24)20-13(2)28-21-17-7-5-4-6-16(17)19(12-18(20)21)29-30(25,26)15-10-8-14(23)9-11-15/h4-12H,3H2,1-2H3. The number of hydrogen-bond acceptors (Lipinski definition) is 6. The first-order chi connectivity index (χ1) is 14.3. The van der Waals surface area contributed by atoms with Crippen LogP contribution in [-0.2, 0) is 14.9 Å². The van der Waals surface area contributed by atoms with Gasteiger partial charge in [-0.1, -0.05) is 35.9 Å². The highest BCUT2D eigenvalue weighted by atomic mass is 35.5. The summed E-state index contributed by atoms with van der Waals surface area (Å²) in [6.07, 6.45) is 0. The first kappa shape index (κ1) is 20.3. The third-order valence-electron chi connectivity index (χ3n) is 4.62. The number of fused-ring (bicyclic) bond motifs is 3. The molecule has 0 aliphatic heterocycles. The molecule has 8 heteroatoms. The SMILES string of the molecule is CCOC(=O)c1c(C)oc2c1cc(OS(=O)(=O)c1ccc(Cl)cc1)c1ccccc12. The Labute approximate surface area is 178 Å². The van der Waals surface area contributed by atoms with E-state index < -0.39 is 16.1 Å². The van der Waals surface area contributed by atoms with E-state index in [1.54, 1.807) is 38.1 Å². The number of aryl methyl sites for hydroxylation is 1. The van der Waals surface area contributed by atoms with Crippen LogP contribution in [0.5, 0.6) is 5.75 Å². The van der Waals surface area contributed by atoms with Crippen molar-refractivity contribution in [3.63, 3.8) is 0 Å². The van der Waals surface area contributed by atoms with E-state index in [9.17, 15) is 13.2 Å². The highest BCUT2D eigenvalue weighted by Gasteiger charge is 2.25. The van der Waals surface area contributed by atoms with Gasteiger partial charge in [-0.2, -0.15) is 8.42 Å². The normalized spacial score (nSPS) is 11.7. The lowest BCUT2D eigenvalue weighted by atomic mass is 10.0. The summed E-state index contributed by atoms with van der Waals surface area (Å²) in [6, 6.07) is 14.2. The van der Waals surface area contributed by atoms with Crippen molar-refractivity contribution in [3.8, 4) is 5.75 Å². The van der Waals surface area contributed by atoms with Crippen LogP contribution in [0.3, 0.4) is 0 Å². The van der Waals surface area contributed by atoms with E-state index in [1.165, 1.54) is 30.3 Å². The van der Waals surface area contributed by atoms with Crippen LogP contribution >= 0.6 is 11.6 Å². The topological polar surface area (TPSA) is 82.8 Å². The molecule has 0 fully saturated rings. The number of esters is 1. The molecular formula is C22H17ClO6S. The maximum absolute atomic E-state index is 12.8. The monoisotopic (exact) mass is 444 g/mol. The fourth-order valence-corrected chi connectivity index (χ4v) is 4.36. The van der Waals surface area contributed by atoms with Crippen molar-refractivity contribution >= 4 is 49.4 Å². The summed E-state index contributed by atoms with van der Waals surface area (Å²) in [5, 5.41) is 1.99. The average Bonchev–Trinajstić information content (AvgIpc) is 3.04. The Morgan fingerprint density at radius 2 is 1.70 bits per heavy atom. The van der Waals surface area contributed by atoms with E-state index in [0.29, 0.717) is 32.5 Å². The van der Waals surface area contributed by atoms with Crippen LogP contribution in [-0.4, -0.2) is 21.0 Å². The van der Waals surface area contributed by atoms with Gasteiger partial charge in [0, 0.05) is 21.2 Å². The third-order valence-corrected chi connectivity index (χ3v) is 6.12. The van der Waals surface area contributed by atoms with Crippen LogP contribution in [0.2, 0.25) is 5.02 Å². The van der Waals surface area contributed by atoms with Crippen LogP contribution in [0.25, 0.3) is 21.7 Å². The number of carbonyl (C=O) groups excluding carboxylic acids is 1. The lowest BCUT2D eigenvalue weighted by Gasteiger charge is -2.11.